The molecular weight excluding hydrogens is 361 g/mol. The number of halogens is 1. The number of benzene rings is 1. The standard InChI is InChI=1S/C20H26FN5O2/c1-15-14-17(24-20(23-15)22-8-5-13-28-2)19(27)26-11-9-25(10-12-26)18-7-4-3-6-16(18)21/h3-4,6-7,14H,5,8-13H2,1-2H3,(H,22,23,24). The molecule has 1 N–H and O–H groups in total. The maximum atomic E-state index is 14.0. The van der Waals surface area contributed by atoms with Gasteiger partial charge in [-0.25, -0.2) is 14.4 Å². The van der Waals surface area contributed by atoms with Crippen LogP contribution in [0.25, 0.3) is 0 Å². The maximum absolute atomic E-state index is 14.0. The number of nitrogens with zero attached hydrogens (tertiary/aromatic N) is 4. The Morgan fingerprint density at radius 1 is 1.21 bits per heavy atom. The van der Waals surface area contributed by atoms with E-state index in [9.17, 15) is 9.18 Å². The molecule has 0 aliphatic carbocycles. The third-order valence-electron chi connectivity index (χ3n) is 4.64. The molecule has 1 aliphatic rings. The van der Waals surface area contributed by atoms with Crippen LogP contribution >= 0.6 is 0 Å². The molecule has 8 heteroatoms. The molecule has 2 heterocycles. The minimum absolute atomic E-state index is 0.126. The van der Waals surface area contributed by atoms with Crippen molar-refractivity contribution in [2.24, 2.45) is 0 Å². The van der Waals surface area contributed by atoms with Gasteiger partial charge in [0.05, 0.1) is 5.69 Å². The smallest absolute Gasteiger partial charge is 0.272 e. The van der Waals surface area contributed by atoms with E-state index in [0.29, 0.717) is 56.7 Å². The highest BCUT2D eigenvalue weighted by atomic mass is 19.1. The van der Waals surface area contributed by atoms with Crippen molar-refractivity contribution in [1.29, 1.82) is 0 Å². The van der Waals surface area contributed by atoms with Gasteiger partial charge in [-0.1, -0.05) is 12.1 Å². The lowest BCUT2D eigenvalue weighted by Gasteiger charge is -2.36. The first-order chi connectivity index (χ1) is 13.6. The predicted molar refractivity (Wildman–Crippen MR) is 106 cm³/mol. The van der Waals surface area contributed by atoms with E-state index >= 15 is 0 Å². The molecule has 0 unspecified atom stereocenters. The fourth-order valence-corrected chi connectivity index (χ4v) is 3.19. The Balaban J connectivity index is 1.61. The van der Waals surface area contributed by atoms with Crippen molar-refractivity contribution >= 4 is 17.5 Å². The lowest BCUT2D eigenvalue weighted by Crippen LogP contribution is -2.49. The van der Waals surface area contributed by atoms with Gasteiger partial charge in [0.25, 0.3) is 5.91 Å². The molecule has 28 heavy (non-hydrogen) atoms. The van der Waals surface area contributed by atoms with Gasteiger partial charge in [0.1, 0.15) is 11.5 Å². The SMILES string of the molecule is COCCCNc1nc(C)cc(C(=O)N2CCN(c3ccccc3F)CC2)n1. The predicted octanol–water partition coefficient (Wildman–Crippen LogP) is 2.33. The first kappa shape index (κ1) is 20.0. The topological polar surface area (TPSA) is 70.6 Å². The van der Waals surface area contributed by atoms with Gasteiger partial charge in [0.2, 0.25) is 5.95 Å². The molecule has 150 valence electrons. The van der Waals surface area contributed by atoms with E-state index < -0.39 is 0 Å². The van der Waals surface area contributed by atoms with Crippen LogP contribution in [0.1, 0.15) is 22.6 Å². The van der Waals surface area contributed by atoms with Gasteiger partial charge in [0, 0.05) is 52.1 Å². The first-order valence-electron chi connectivity index (χ1n) is 9.45. The molecule has 1 fully saturated rings. The quantitative estimate of drug-likeness (QED) is 0.736. The van der Waals surface area contributed by atoms with Crippen LogP contribution < -0.4 is 10.2 Å². The number of nitrogens with one attached hydrogen (secondary N) is 1. The van der Waals surface area contributed by atoms with Crippen LogP contribution in [0.15, 0.2) is 30.3 Å². The number of aromatic nitrogens is 2. The van der Waals surface area contributed by atoms with Gasteiger partial charge in [-0.3, -0.25) is 4.79 Å². The van der Waals surface area contributed by atoms with E-state index in [4.69, 9.17) is 4.74 Å². The Kier molecular flexibility index (Phi) is 6.76. The van der Waals surface area contributed by atoms with Crippen molar-refractivity contribution in [2.75, 3.05) is 56.7 Å². The molecule has 0 spiro atoms. The summed E-state index contributed by atoms with van der Waals surface area (Å²) in [7, 11) is 1.66. The Hall–Kier alpha value is -2.74. The summed E-state index contributed by atoms with van der Waals surface area (Å²) in [6, 6.07) is 8.42. The third kappa shape index (κ3) is 4.95. The number of ether oxygens (including phenoxy) is 1. The number of carbonyl (C=O) groups is 1. The number of amides is 1. The van der Waals surface area contributed by atoms with Crippen LogP contribution in [0.2, 0.25) is 0 Å². The summed E-state index contributed by atoms with van der Waals surface area (Å²) >= 11 is 0. The molecular formula is C20H26FN5O2. The van der Waals surface area contributed by atoms with Gasteiger partial charge < -0.3 is 19.9 Å². The van der Waals surface area contributed by atoms with Crippen molar-refractivity contribution in [3.63, 3.8) is 0 Å². The Morgan fingerprint density at radius 3 is 2.68 bits per heavy atom. The van der Waals surface area contributed by atoms with E-state index in [1.807, 2.05) is 17.9 Å². The molecule has 2 aromatic rings. The van der Waals surface area contributed by atoms with E-state index in [0.717, 1.165) is 12.1 Å². The summed E-state index contributed by atoms with van der Waals surface area (Å²) in [4.78, 5) is 25.3. The Bertz CT molecular complexity index is 809. The lowest BCUT2D eigenvalue weighted by molar-refractivity contribution is 0.0740. The van der Waals surface area contributed by atoms with Crippen molar-refractivity contribution in [3.8, 4) is 0 Å². The van der Waals surface area contributed by atoms with E-state index in [2.05, 4.69) is 15.3 Å². The number of anilines is 2. The molecule has 1 amide bonds. The van der Waals surface area contributed by atoms with Crippen LogP contribution in [-0.4, -0.2) is 67.2 Å². The minimum atomic E-state index is -0.238. The van der Waals surface area contributed by atoms with Crippen molar-refractivity contribution in [3.05, 3.63) is 47.5 Å². The van der Waals surface area contributed by atoms with Crippen LogP contribution in [0.3, 0.4) is 0 Å². The Labute approximate surface area is 164 Å². The molecule has 1 aromatic carbocycles. The second-order valence-electron chi connectivity index (χ2n) is 6.72. The van der Waals surface area contributed by atoms with Gasteiger partial charge >= 0.3 is 0 Å². The van der Waals surface area contributed by atoms with Crippen molar-refractivity contribution < 1.29 is 13.9 Å². The van der Waals surface area contributed by atoms with E-state index in [1.165, 1.54) is 6.07 Å². The summed E-state index contributed by atoms with van der Waals surface area (Å²) in [5.74, 6) is 0.0842. The second-order valence-corrected chi connectivity index (χ2v) is 6.72. The molecule has 0 atom stereocenters. The number of rotatable bonds is 7. The molecule has 1 saturated heterocycles. The lowest BCUT2D eigenvalue weighted by atomic mass is 10.2. The minimum Gasteiger partial charge on any atom is -0.385 e. The summed E-state index contributed by atoms with van der Waals surface area (Å²) in [5.41, 5.74) is 1.69. The normalized spacial score (nSPS) is 14.2. The fraction of sp³-hybridized carbons (Fsp3) is 0.450. The molecule has 0 saturated carbocycles. The molecule has 1 aliphatic heterocycles. The number of hydrogen-bond acceptors (Lipinski definition) is 6. The number of para-hydroxylation sites is 1. The fourth-order valence-electron chi connectivity index (χ4n) is 3.19. The van der Waals surface area contributed by atoms with Gasteiger partial charge in [-0.2, -0.15) is 0 Å². The monoisotopic (exact) mass is 387 g/mol. The van der Waals surface area contributed by atoms with E-state index in [1.54, 1.807) is 30.2 Å². The average Bonchev–Trinajstić information content (AvgIpc) is 2.71. The number of aryl methyl sites for hydroxylation is 1. The van der Waals surface area contributed by atoms with Gasteiger partial charge in [-0.15, -0.1) is 0 Å². The van der Waals surface area contributed by atoms with Gasteiger partial charge in [0.15, 0.2) is 0 Å². The van der Waals surface area contributed by atoms with Gasteiger partial charge in [-0.05, 0) is 31.5 Å². The van der Waals surface area contributed by atoms with Crippen LogP contribution in [0, 0.1) is 12.7 Å². The zero-order valence-corrected chi connectivity index (χ0v) is 16.3. The molecule has 0 bridgehead atoms. The van der Waals surface area contributed by atoms with E-state index in [-0.39, 0.29) is 11.7 Å². The number of piperazine rings is 1. The van der Waals surface area contributed by atoms with Crippen molar-refractivity contribution in [2.45, 2.75) is 13.3 Å². The summed E-state index contributed by atoms with van der Waals surface area (Å²) < 4.78 is 19.0. The van der Waals surface area contributed by atoms with Crippen molar-refractivity contribution in [1.82, 2.24) is 14.9 Å². The molecule has 7 nitrogen and oxygen atoms in total. The molecule has 1 aromatic heterocycles. The van der Waals surface area contributed by atoms with Crippen LogP contribution in [-0.2, 0) is 4.74 Å². The first-order valence-corrected chi connectivity index (χ1v) is 9.45. The third-order valence-corrected chi connectivity index (χ3v) is 4.64. The molecule has 0 radical (unpaired) electrons. The summed E-state index contributed by atoms with van der Waals surface area (Å²) in [5, 5.41) is 3.13. The maximum Gasteiger partial charge on any atom is 0.272 e. The summed E-state index contributed by atoms with van der Waals surface area (Å²) in [6.07, 6.45) is 0.828. The second kappa shape index (κ2) is 9.45. The molecule has 3 rings (SSSR count). The zero-order chi connectivity index (χ0) is 19.9. The summed E-state index contributed by atoms with van der Waals surface area (Å²) in [6.45, 7) is 5.37. The highest BCUT2D eigenvalue weighted by Gasteiger charge is 2.24. The number of methoxy groups -OCH3 is 1. The highest BCUT2D eigenvalue weighted by Crippen LogP contribution is 2.20. The average molecular weight is 387 g/mol. The number of hydrogen-bond donors (Lipinski definition) is 1. The largest absolute Gasteiger partial charge is 0.385 e. The van der Waals surface area contributed by atoms with Crippen LogP contribution in [0.4, 0.5) is 16.0 Å². The number of carbonyl (C=O) groups excluding carboxylic acids is 1. The Morgan fingerprint density at radius 2 is 1.96 bits per heavy atom. The highest BCUT2D eigenvalue weighted by molar-refractivity contribution is 5.92. The zero-order valence-electron chi connectivity index (χ0n) is 16.3. The van der Waals surface area contributed by atoms with Crippen LogP contribution in [0.5, 0.6) is 0 Å².